The minimum absolute atomic E-state index is 0.235. The third kappa shape index (κ3) is 4.38. The van der Waals surface area contributed by atoms with Crippen LogP contribution in [-0.2, 0) is 4.43 Å². The SMILES string of the molecule is CC(C)=CC(O[SiH3])C(C)(C)C. The van der Waals surface area contributed by atoms with E-state index in [9.17, 15) is 0 Å². The standard InChI is InChI=1S/C9H20OSi/c1-7(2)6-8(10-11)9(3,4)5/h6,8H,1-5,11H3. The molecule has 0 bridgehead atoms. The number of rotatable bonds is 2. The molecular formula is C9H20OSi. The highest BCUT2D eigenvalue weighted by molar-refractivity contribution is 5.98. The molecule has 0 aliphatic heterocycles. The van der Waals surface area contributed by atoms with Gasteiger partial charge >= 0.3 is 0 Å². The molecule has 0 aromatic carbocycles. The van der Waals surface area contributed by atoms with Crippen molar-refractivity contribution in [3.05, 3.63) is 11.6 Å². The molecule has 0 aliphatic rings. The Morgan fingerprint density at radius 3 is 1.91 bits per heavy atom. The zero-order valence-corrected chi connectivity index (χ0v) is 10.6. The maximum absolute atomic E-state index is 5.49. The van der Waals surface area contributed by atoms with Gasteiger partial charge in [0, 0.05) is 0 Å². The van der Waals surface area contributed by atoms with Crippen LogP contribution < -0.4 is 0 Å². The van der Waals surface area contributed by atoms with Gasteiger partial charge in [-0.2, -0.15) is 0 Å². The molecule has 0 amide bonds. The Balaban J connectivity index is 4.31. The van der Waals surface area contributed by atoms with E-state index in [1.165, 1.54) is 5.57 Å². The second kappa shape index (κ2) is 4.07. The molecule has 66 valence electrons. The van der Waals surface area contributed by atoms with Crippen molar-refractivity contribution in [2.45, 2.75) is 40.7 Å². The Morgan fingerprint density at radius 1 is 1.36 bits per heavy atom. The lowest BCUT2D eigenvalue weighted by molar-refractivity contribution is 0.140. The lowest BCUT2D eigenvalue weighted by Gasteiger charge is -2.27. The van der Waals surface area contributed by atoms with Gasteiger partial charge in [0.1, 0.15) is 10.5 Å². The summed E-state index contributed by atoms with van der Waals surface area (Å²) in [5, 5.41) is 0. The molecule has 0 aromatic rings. The van der Waals surface area contributed by atoms with Gasteiger partial charge in [0.2, 0.25) is 0 Å². The molecule has 11 heavy (non-hydrogen) atoms. The average molecular weight is 172 g/mol. The van der Waals surface area contributed by atoms with Crippen LogP contribution in [0.1, 0.15) is 34.6 Å². The first-order chi connectivity index (χ1) is 4.88. The predicted octanol–water partition coefficient (Wildman–Crippen LogP) is 1.66. The van der Waals surface area contributed by atoms with Crippen LogP contribution in [0.3, 0.4) is 0 Å². The Bertz CT molecular complexity index is 140. The van der Waals surface area contributed by atoms with Gasteiger partial charge < -0.3 is 4.43 Å². The molecule has 0 saturated carbocycles. The van der Waals surface area contributed by atoms with E-state index < -0.39 is 0 Å². The largest absolute Gasteiger partial charge is 0.421 e. The van der Waals surface area contributed by atoms with Gasteiger partial charge in [-0.3, -0.25) is 0 Å². The van der Waals surface area contributed by atoms with Crippen LogP contribution >= 0.6 is 0 Å². The van der Waals surface area contributed by atoms with Gasteiger partial charge in [0.25, 0.3) is 0 Å². The lowest BCUT2D eigenvalue weighted by atomic mass is 9.88. The highest BCUT2D eigenvalue weighted by Crippen LogP contribution is 2.23. The predicted molar refractivity (Wildman–Crippen MR) is 53.7 cm³/mol. The van der Waals surface area contributed by atoms with Crippen LogP contribution in [0.4, 0.5) is 0 Å². The van der Waals surface area contributed by atoms with Gasteiger partial charge in [-0.15, -0.1) is 0 Å². The molecular weight excluding hydrogens is 152 g/mol. The van der Waals surface area contributed by atoms with Crippen LogP contribution in [-0.4, -0.2) is 16.6 Å². The monoisotopic (exact) mass is 172 g/mol. The van der Waals surface area contributed by atoms with E-state index in [1.807, 2.05) is 0 Å². The first-order valence-electron chi connectivity index (χ1n) is 4.05. The third-order valence-corrected chi connectivity index (χ3v) is 2.10. The van der Waals surface area contributed by atoms with Gasteiger partial charge in [-0.25, -0.2) is 0 Å². The van der Waals surface area contributed by atoms with Crippen molar-refractivity contribution in [3.63, 3.8) is 0 Å². The number of allylic oxidation sites excluding steroid dienone is 1. The van der Waals surface area contributed by atoms with Gasteiger partial charge in [-0.1, -0.05) is 32.4 Å². The molecule has 1 atom stereocenters. The first kappa shape index (κ1) is 10.9. The zero-order valence-electron chi connectivity index (χ0n) is 8.56. The van der Waals surface area contributed by atoms with Gasteiger partial charge in [0.15, 0.2) is 0 Å². The summed E-state index contributed by atoms with van der Waals surface area (Å²) in [5.41, 5.74) is 1.57. The summed E-state index contributed by atoms with van der Waals surface area (Å²) in [4.78, 5) is 0. The Morgan fingerprint density at radius 2 is 1.82 bits per heavy atom. The smallest absolute Gasteiger partial charge is 0.146 e. The van der Waals surface area contributed by atoms with Crippen LogP contribution in [0.2, 0.25) is 0 Å². The fourth-order valence-corrected chi connectivity index (χ4v) is 1.82. The molecule has 0 rings (SSSR count). The van der Waals surface area contributed by atoms with E-state index in [4.69, 9.17) is 4.43 Å². The van der Waals surface area contributed by atoms with Crippen molar-refractivity contribution in [3.8, 4) is 0 Å². The van der Waals surface area contributed by atoms with Gasteiger partial charge in [0.05, 0.1) is 6.10 Å². The van der Waals surface area contributed by atoms with E-state index in [0.29, 0.717) is 6.10 Å². The molecule has 0 N–H and O–H groups in total. The summed E-state index contributed by atoms with van der Waals surface area (Å²) in [6.07, 6.45) is 2.49. The molecule has 1 unspecified atom stereocenters. The van der Waals surface area contributed by atoms with E-state index in [-0.39, 0.29) is 5.41 Å². The number of hydrogen-bond donors (Lipinski definition) is 0. The van der Waals surface area contributed by atoms with Crippen molar-refractivity contribution in [1.29, 1.82) is 0 Å². The van der Waals surface area contributed by atoms with Crippen molar-refractivity contribution < 1.29 is 4.43 Å². The number of hydrogen-bond acceptors (Lipinski definition) is 1. The Kier molecular flexibility index (Phi) is 4.04. The van der Waals surface area contributed by atoms with E-state index in [1.54, 1.807) is 0 Å². The van der Waals surface area contributed by atoms with Crippen molar-refractivity contribution in [2.24, 2.45) is 5.41 Å². The van der Waals surface area contributed by atoms with E-state index >= 15 is 0 Å². The van der Waals surface area contributed by atoms with E-state index in [0.717, 1.165) is 10.5 Å². The summed E-state index contributed by atoms with van der Waals surface area (Å²) in [6.45, 7) is 10.8. The molecule has 0 aromatic heterocycles. The summed E-state index contributed by atoms with van der Waals surface area (Å²) in [5.74, 6) is 0. The van der Waals surface area contributed by atoms with Crippen LogP contribution in [0.25, 0.3) is 0 Å². The fourth-order valence-electron chi connectivity index (χ4n) is 0.974. The molecule has 0 heterocycles. The normalized spacial score (nSPS) is 14.6. The highest BCUT2D eigenvalue weighted by Gasteiger charge is 2.20. The minimum atomic E-state index is 0.235. The third-order valence-electron chi connectivity index (χ3n) is 1.59. The maximum Gasteiger partial charge on any atom is 0.146 e. The summed E-state index contributed by atoms with van der Waals surface area (Å²) >= 11 is 0. The molecule has 1 nitrogen and oxygen atoms in total. The molecule has 2 heteroatoms. The van der Waals surface area contributed by atoms with Crippen molar-refractivity contribution in [1.82, 2.24) is 0 Å². The van der Waals surface area contributed by atoms with Crippen LogP contribution in [0.15, 0.2) is 11.6 Å². The highest BCUT2D eigenvalue weighted by atomic mass is 28.2. The fraction of sp³-hybridized carbons (Fsp3) is 0.778. The molecule has 0 saturated heterocycles. The quantitative estimate of drug-likeness (QED) is 0.455. The summed E-state index contributed by atoms with van der Waals surface area (Å²) < 4.78 is 5.49. The lowest BCUT2D eigenvalue weighted by Crippen LogP contribution is -2.26. The first-order valence-corrected chi connectivity index (χ1v) is 4.87. The molecule has 0 fully saturated rings. The second-order valence-electron chi connectivity index (χ2n) is 4.27. The van der Waals surface area contributed by atoms with E-state index in [2.05, 4.69) is 40.7 Å². The average Bonchev–Trinajstić information content (AvgIpc) is 1.79. The Hall–Kier alpha value is -0.0831. The van der Waals surface area contributed by atoms with Crippen molar-refractivity contribution in [2.75, 3.05) is 0 Å². The topological polar surface area (TPSA) is 9.23 Å². The molecule has 0 aliphatic carbocycles. The van der Waals surface area contributed by atoms with Crippen LogP contribution in [0.5, 0.6) is 0 Å². The van der Waals surface area contributed by atoms with Gasteiger partial charge in [-0.05, 0) is 19.3 Å². The summed E-state index contributed by atoms with van der Waals surface area (Å²) in [6, 6.07) is 0. The van der Waals surface area contributed by atoms with Crippen molar-refractivity contribution >= 4 is 10.5 Å². The minimum Gasteiger partial charge on any atom is -0.421 e. The summed E-state index contributed by atoms with van der Waals surface area (Å²) in [7, 11) is 0.814. The zero-order chi connectivity index (χ0) is 9.07. The second-order valence-corrected chi connectivity index (χ2v) is 4.74. The molecule has 0 radical (unpaired) electrons. The molecule has 0 spiro atoms. The Labute approximate surface area is 73.4 Å². The maximum atomic E-state index is 5.49. The van der Waals surface area contributed by atoms with Crippen LogP contribution in [0, 0.1) is 5.41 Å².